The highest BCUT2D eigenvalue weighted by Gasteiger charge is 2.06. The Morgan fingerprint density at radius 1 is 1.00 bits per heavy atom. The summed E-state index contributed by atoms with van der Waals surface area (Å²) in [5, 5.41) is 0. The maximum Gasteiger partial charge on any atom is 0.519 e. The summed E-state index contributed by atoms with van der Waals surface area (Å²) >= 11 is 0. The first-order valence-electron chi connectivity index (χ1n) is 6.28. The molecule has 0 amide bonds. The van der Waals surface area contributed by atoms with Crippen LogP contribution in [-0.4, -0.2) is 6.16 Å². The topological polar surface area (TPSA) is 35.5 Å². The van der Waals surface area contributed by atoms with E-state index in [1.165, 1.54) is 6.08 Å². The van der Waals surface area contributed by atoms with Crippen LogP contribution in [0.15, 0.2) is 60.6 Å². The van der Waals surface area contributed by atoms with E-state index in [-0.39, 0.29) is 0 Å². The molecule has 0 atom stereocenters. The van der Waals surface area contributed by atoms with Gasteiger partial charge < -0.3 is 9.47 Å². The van der Waals surface area contributed by atoms with Crippen LogP contribution in [0.1, 0.15) is 34.6 Å². The molecule has 19 heavy (non-hydrogen) atoms. The molecule has 0 saturated carbocycles. The lowest BCUT2D eigenvalue weighted by Crippen LogP contribution is -2.04. The number of carbonyl (C=O) groups is 1. The molecule has 0 bridgehead atoms. The Morgan fingerprint density at radius 2 is 1.53 bits per heavy atom. The van der Waals surface area contributed by atoms with E-state index < -0.39 is 6.16 Å². The zero-order valence-electron chi connectivity index (χ0n) is 12.5. The molecule has 0 rings (SSSR count). The second-order valence-electron chi connectivity index (χ2n) is 3.06. The summed E-state index contributed by atoms with van der Waals surface area (Å²) in [6.45, 7) is 12.9. The second kappa shape index (κ2) is 14.0. The Bertz CT molecular complexity index is 371. The average molecular weight is 264 g/mol. The molecule has 0 aliphatic carbocycles. The molecule has 0 aliphatic rings. The lowest BCUT2D eigenvalue weighted by Gasteiger charge is -2.05. The second-order valence-corrected chi connectivity index (χ2v) is 3.06. The highest BCUT2D eigenvalue weighted by Crippen LogP contribution is 2.05. The van der Waals surface area contributed by atoms with Gasteiger partial charge in [0.25, 0.3) is 0 Å². The van der Waals surface area contributed by atoms with Crippen LogP contribution in [0.4, 0.5) is 4.79 Å². The average Bonchev–Trinajstić information content (AvgIpc) is 2.43. The Morgan fingerprint density at radius 3 is 2.00 bits per heavy atom. The van der Waals surface area contributed by atoms with Crippen LogP contribution in [0.2, 0.25) is 0 Å². The fourth-order valence-corrected chi connectivity index (χ4v) is 0.849. The number of allylic oxidation sites excluding steroid dienone is 8. The minimum Gasteiger partial charge on any atom is -0.400 e. The van der Waals surface area contributed by atoms with Crippen molar-refractivity contribution in [3.05, 3.63) is 60.6 Å². The van der Waals surface area contributed by atoms with Crippen LogP contribution >= 0.6 is 0 Å². The number of ether oxygens (including phenoxy) is 2. The summed E-state index contributed by atoms with van der Waals surface area (Å²) in [5.74, 6) is 0.800. The van der Waals surface area contributed by atoms with Gasteiger partial charge in [-0.05, 0) is 39.0 Å². The summed E-state index contributed by atoms with van der Waals surface area (Å²) in [7, 11) is 0. The summed E-state index contributed by atoms with van der Waals surface area (Å²) in [4.78, 5) is 11.3. The zero-order valence-corrected chi connectivity index (χ0v) is 12.5. The number of hydrogen-bond acceptors (Lipinski definition) is 3. The zero-order chi connectivity index (χ0) is 15.1. The van der Waals surface area contributed by atoms with Crippen LogP contribution in [0.5, 0.6) is 0 Å². The maximum absolute atomic E-state index is 11.3. The molecule has 0 radical (unpaired) electrons. The molecule has 0 heterocycles. The third-order valence-corrected chi connectivity index (χ3v) is 1.62. The van der Waals surface area contributed by atoms with Crippen LogP contribution in [0.3, 0.4) is 0 Å². The smallest absolute Gasteiger partial charge is 0.400 e. The SMILES string of the molecule is C=C/C(=C\C=C/C)OC(=O)O/C(C)=C/C=C\C.CC. The van der Waals surface area contributed by atoms with Crippen LogP contribution in [0, 0.1) is 0 Å². The number of carbonyl (C=O) groups excluding carboxylic acids is 1. The molecule has 0 saturated heterocycles. The predicted molar refractivity (Wildman–Crippen MR) is 80.6 cm³/mol. The van der Waals surface area contributed by atoms with Crippen molar-refractivity contribution >= 4 is 6.16 Å². The number of rotatable bonds is 5. The molecule has 0 aromatic carbocycles. The maximum atomic E-state index is 11.3. The molecule has 0 spiro atoms. The summed E-state index contributed by atoms with van der Waals surface area (Å²) in [6.07, 6.45) is 11.1. The third kappa shape index (κ3) is 12.2. The van der Waals surface area contributed by atoms with Gasteiger partial charge in [0.15, 0.2) is 0 Å². The van der Waals surface area contributed by atoms with E-state index in [0.29, 0.717) is 11.5 Å². The van der Waals surface area contributed by atoms with Crippen molar-refractivity contribution in [1.82, 2.24) is 0 Å². The van der Waals surface area contributed by atoms with Gasteiger partial charge >= 0.3 is 6.16 Å². The van der Waals surface area contributed by atoms with Gasteiger partial charge in [-0.15, -0.1) is 0 Å². The molecule has 0 aliphatic heterocycles. The van der Waals surface area contributed by atoms with Crippen molar-refractivity contribution in [3.63, 3.8) is 0 Å². The lowest BCUT2D eigenvalue weighted by molar-refractivity contribution is 0.105. The van der Waals surface area contributed by atoms with Crippen LogP contribution < -0.4 is 0 Å². The molecule has 0 aromatic rings. The normalized spacial score (nSPS) is 12.1. The third-order valence-electron chi connectivity index (χ3n) is 1.62. The van der Waals surface area contributed by atoms with E-state index in [2.05, 4.69) is 6.58 Å². The predicted octanol–water partition coefficient (Wildman–Crippen LogP) is 5.29. The molecule has 106 valence electrons. The number of hydrogen-bond donors (Lipinski definition) is 0. The van der Waals surface area contributed by atoms with Crippen molar-refractivity contribution in [3.8, 4) is 0 Å². The quantitative estimate of drug-likeness (QED) is 0.384. The van der Waals surface area contributed by atoms with Gasteiger partial charge in [-0.25, -0.2) is 4.79 Å². The first-order chi connectivity index (χ1) is 9.13. The molecule has 0 aromatic heterocycles. The van der Waals surface area contributed by atoms with Gasteiger partial charge in [-0.3, -0.25) is 0 Å². The van der Waals surface area contributed by atoms with Crippen molar-refractivity contribution in [2.24, 2.45) is 0 Å². The fraction of sp³-hybridized carbons (Fsp3) is 0.312. The van der Waals surface area contributed by atoms with E-state index in [4.69, 9.17) is 9.47 Å². The molecule has 0 fully saturated rings. The molecule has 3 nitrogen and oxygen atoms in total. The Hall–Kier alpha value is -2.03. The largest absolute Gasteiger partial charge is 0.519 e. The highest BCUT2D eigenvalue weighted by atomic mass is 16.7. The highest BCUT2D eigenvalue weighted by molar-refractivity contribution is 5.63. The fourth-order valence-electron chi connectivity index (χ4n) is 0.849. The Kier molecular flexibility index (Phi) is 14.3. The van der Waals surface area contributed by atoms with Crippen molar-refractivity contribution in [1.29, 1.82) is 0 Å². The van der Waals surface area contributed by atoms with E-state index in [1.54, 1.807) is 31.2 Å². The minimum absolute atomic E-state index is 0.340. The molecule has 0 unspecified atom stereocenters. The van der Waals surface area contributed by atoms with Crippen molar-refractivity contribution in [2.45, 2.75) is 34.6 Å². The summed E-state index contributed by atoms with van der Waals surface area (Å²) in [5.41, 5.74) is 0. The van der Waals surface area contributed by atoms with Crippen LogP contribution in [0.25, 0.3) is 0 Å². The van der Waals surface area contributed by atoms with E-state index in [0.717, 1.165) is 0 Å². The van der Waals surface area contributed by atoms with Gasteiger partial charge in [0.05, 0.1) is 0 Å². The van der Waals surface area contributed by atoms with Crippen molar-refractivity contribution in [2.75, 3.05) is 0 Å². The van der Waals surface area contributed by atoms with Gasteiger partial charge in [0.1, 0.15) is 11.5 Å². The monoisotopic (exact) mass is 264 g/mol. The van der Waals surface area contributed by atoms with Crippen molar-refractivity contribution < 1.29 is 14.3 Å². The van der Waals surface area contributed by atoms with Crippen LogP contribution in [-0.2, 0) is 9.47 Å². The first-order valence-corrected chi connectivity index (χ1v) is 6.28. The summed E-state index contributed by atoms with van der Waals surface area (Å²) in [6, 6.07) is 0. The molecule has 3 heteroatoms. The van der Waals surface area contributed by atoms with Gasteiger partial charge in [0.2, 0.25) is 0 Å². The molecular weight excluding hydrogens is 240 g/mol. The lowest BCUT2D eigenvalue weighted by atomic mass is 10.4. The Balaban J connectivity index is 0. The van der Waals surface area contributed by atoms with Gasteiger partial charge in [-0.1, -0.05) is 44.7 Å². The Labute approximate surface area is 116 Å². The minimum atomic E-state index is -0.779. The van der Waals surface area contributed by atoms with E-state index in [1.807, 2.05) is 39.8 Å². The molecule has 0 N–H and O–H groups in total. The van der Waals surface area contributed by atoms with E-state index >= 15 is 0 Å². The first kappa shape index (κ1) is 19.3. The van der Waals surface area contributed by atoms with Gasteiger partial charge in [0, 0.05) is 0 Å². The van der Waals surface area contributed by atoms with Gasteiger partial charge in [-0.2, -0.15) is 0 Å². The van der Waals surface area contributed by atoms with E-state index in [9.17, 15) is 4.79 Å². The summed E-state index contributed by atoms with van der Waals surface area (Å²) < 4.78 is 9.82. The standard InChI is InChI=1S/C14H18O3.C2H6/c1-5-8-10-12(4)16-14(15)17-13(7-3)11-9-6-2;1-2/h5-11H,3H2,1-2,4H3;1-2H3/b8-5-,9-6-,12-10+,13-11+;. The molecular formula is C16H24O3.